The molecule has 0 radical (unpaired) electrons. The molecule has 1 atom stereocenters. The van der Waals surface area contributed by atoms with E-state index in [4.69, 9.17) is 4.74 Å². The monoisotopic (exact) mass is 446 g/mol. The molecule has 0 spiro atoms. The second kappa shape index (κ2) is 9.71. The number of carbonyl (C=O) groups excluding carboxylic acids is 1. The van der Waals surface area contributed by atoms with Crippen molar-refractivity contribution in [2.24, 2.45) is 0 Å². The molecule has 1 heterocycles. The van der Waals surface area contributed by atoms with Crippen molar-refractivity contribution in [2.75, 3.05) is 26.7 Å². The van der Waals surface area contributed by atoms with E-state index in [2.05, 4.69) is 26.1 Å². The van der Waals surface area contributed by atoms with Crippen LogP contribution < -0.4 is 10.1 Å². The van der Waals surface area contributed by atoms with Gasteiger partial charge in [0.25, 0.3) is 5.91 Å². The molecule has 2 aromatic carbocycles. The number of nitrogens with zero attached hydrogens (tertiary/aromatic N) is 1. The fourth-order valence-corrected chi connectivity index (χ4v) is 4.05. The minimum atomic E-state index is -1.35. The summed E-state index contributed by atoms with van der Waals surface area (Å²) in [5.41, 5.74) is 0.810. The Bertz CT molecular complexity index is 927. The van der Waals surface area contributed by atoms with E-state index in [9.17, 15) is 14.7 Å². The first-order valence-electron chi connectivity index (χ1n) is 10.2. The number of halogens is 1. The van der Waals surface area contributed by atoms with Gasteiger partial charge >= 0.3 is 5.97 Å². The van der Waals surface area contributed by atoms with Gasteiger partial charge in [-0.1, -0.05) is 57.2 Å². The highest BCUT2D eigenvalue weighted by Crippen LogP contribution is 2.33. The Morgan fingerprint density at radius 3 is 2.42 bits per heavy atom. The van der Waals surface area contributed by atoms with Crippen molar-refractivity contribution in [2.45, 2.75) is 38.1 Å². The predicted molar refractivity (Wildman–Crippen MR) is 123 cm³/mol. The van der Waals surface area contributed by atoms with Crippen molar-refractivity contribution in [3.63, 3.8) is 0 Å². The number of nitrogens with one attached hydrogen (secondary N) is 1. The number of rotatable bonds is 5. The zero-order valence-corrected chi connectivity index (χ0v) is 19.3. The molecule has 0 saturated carbocycles. The number of aliphatic carboxylic acids is 1. The number of carboxylic acid groups (broad SMARTS) is 1. The molecule has 31 heavy (non-hydrogen) atoms. The van der Waals surface area contributed by atoms with Crippen LogP contribution in [0.4, 0.5) is 0 Å². The molecule has 1 fully saturated rings. The van der Waals surface area contributed by atoms with Crippen molar-refractivity contribution < 1.29 is 19.4 Å². The van der Waals surface area contributed by atoms with Crippen molar-refractivity contribution in [1.82, 2.24) is 10.2 Å². The van der Waals surface area contributed by atoms with Gasteiger partial charge in [0.15, 0.2) is 5.54 Å². The largest absolute Gasteiger partial charge is 0.496 e. The number of ether oxygens (including phenoxy) is 1. The Labute approximate surface area is 190 Å². The van der Waals surface area contributed by atoms with Crippen LogP contribution in [0.3, 0.4) is 0 Å². The van der Waals surface area contributed by atoms with Gasteiger partial charge in [-0.3, -0.25) is 4.79 Å². The molecule has 1 aliphatic heterocycles. The number of amides is 1. The average molecular weight is 447 g/mol. The normalized spacial score (nSPS) is 18.8. The highest BCUT2D eigenvalue weighted by molar-refractivity contribution is 5.98. The SMILES string of the molecule is COc1cc(C(=O)N2CCNCC2(Cc2ccccc2)C(=O)O)ccc1C(C)(C)C.Cl. The molecule has 0 aliphatic carbocycles. The standard InChI is InChI=1S/C24H30N2O4.ClH/c1-23(2,3)19-11-10-18(14-20(19)30-4)21(27)26-13-12-25-16-24(26,22(28)29)15-17-8-6-5-7-9-17;/h5-11,14,25H,12-13,15-16H2,1-4H3,(H,28,29);1H. The number of methoxy groups -OCH3 is 1. The summed E-state index contributed by atoms with van der Waals surface area (Å²) in [6.07, 6.45) is 0.235. The maximum atomic E-state index is 13.5. The number of hydrogen-bond donors (Lipinski definition) is 2. The minimum Gasteiger partial charge on any atom is -0.496 e. The van der Waals surface area contributed by atoms with E-state index in [0.29, 0.717) is 24.4 Å². The summed E-state index contributed by atoms with van der Waals surface area (Å²) < 4.78 is 5.55. The second-order valence-electron chi connectivity index (χ2n) is 8.80. The van der Waals surface area contributed by atoms with E-state index in [1.807, 2.05) is 36.4 Å². The van der Waals surface area contributed by atoms with Gasteiger partial charge in [0, 0.05) is 31.6 Å². The summed E-state index contributed by atoms with van der Waals surface area (Å²) in [5.74, 6) is -0.675. The molecular formula is C24H31ClN2O4. The maximum absolute atomic E-state index is 13.5. The first kappa shape index (κ1) is 24.7. The van der Waals surface area contributed by atoms with Gasteiger partial charge in [-0.15, -0.1) is 12.4 Å². The quantitative estimate of drug-likeness (QED) is 0.734. The lowest BCUT2D eigenvalue weighted by molar-refractivity contribution is -0.151. The predicted octanol–water partition coefficient (Wildman–Crippen LogP) is 3.53. The third-order valence-corrected chi connectivity index (χ3v) is 5.69. The topological polar surface area (TPSA) is 78.9 Å². The highest BCUT2D eigenvalue weighted by atomic mass is 35.5. The summed E-state index contributed by atoms with van der Waals surface area (Å²) in [6.45, 7) is 7.31. The Balaban J connectivity index is 0.00000341. The summed E-state index contributed by atoms with van der Waals surface area (Å²) in [4.78, 5) is 27.5. The minimum absolute atomic E-state index is 0. The molecule has 2 N–H and O–H groups in total. The van der Waals surface area contributed by atoms with Crippen molar-refractivity contribution in [3.05, 3.63) is 65.2 Å². The fourth-order valence-electron chi connectivity index (χ4n) is 4.05. The van der Waals surface area contributed by atoms with Gasteiger partial charge in [0.1, 0.15) is 5.75 Å². The van der Waals surface area contributed by atoms with E-state index < -0.39 is 11.5 Å². The van der Waals surface area contributed by atoms with E-state index in [0.717, 1.165) is 11.1 Å². The molecule has 0 bridgehead atoms. The van der Waals surface area contributed by atoms with Crippen LogP contribution in [0.2, 0.25) is 0 Å². The van der Waals surface area contributed by atoms with Crippen LogP contribution in [-0.2, 0) is 16.6 Å². The van der Waals surface area contributed by atoms with Gasteiger partial charge in [0.2, 0.25) is 0 Å². The molecule has 0 aromatic heterocycles. The van der Waals surface area contributed by atoms with Gasteiger partial charge < -0.3 is 20.1 Å². The lowest BCUT2D eigenvalue weighted by atomic mass is 9.84. The molecule has 6 nitrogen and oxygen atoms in total. The molecule has 1 saturated heterocycles. The zero-order valence-electron chi connectivity index (χ0n) is 18.5. The van der Waals surface area contributed by atoms with E-state index in [1.54, 1.807) is 19.2 Å². The molecule has 2 aromatic rings. The first-order chi connectivity index (χ1) is 14.2. The third-order valence-electron chi connectivity index (χ3n) is 5.69. The Morgan fingerprint density at radius 2 is 1.84 bits per heavy atom. The first-order valence-corrected chi connectivity index (χ1v) is 10.2. The van der Waals surface area contributed by atoms with Crippen LogP contribution in [-0.4, -0.2) is 54.2 Å². The molecule has 1 aliphatic rings. The van der Waals surface area contributed by atoms with Crippen molar-refractivity contribution >= 4 is 24.3 Å². The summed E-state index contributed by atoms with van der Waals surface area (Å²) in [5, 5.41) is 13.4. The van der Waals surface area contributed by atoms with Crippen LogP contribution in [0.5, 0.6) is 5.75 Å². The molecule has 1 amide bonds. The molecular weight excluding hydrogens is 416 g/mol. The number of piperazine rings is 1. The van der Waals surface area contributed by atoms with Crippen molar-refractivity contribution in [3.8, 4) is 5.75 Å². The van der Waals surface area contributed by atoms with Gasteiger partial charge in [-0.25, -0.2) is 4.79 Å². The maximum Gasteiger partial charge on any atom is 0.331 e. The van der Waals surface area contributed by atoms with Crippen LogP contribution >= 0.6 is 12.4 Å². The summed E-state index contributed by atoms with van der Waals surface area (Å²) in [6, 6.07) is 14.8. The number of benzene rings is 2. The summed E-state index contributed by atoms with van der Waals surface area (Å²) in [7, 11) is 1.58. The van der Waals surface area contributed by atoms with Gasteiger partial charge in [0.05, 0.1) is 7.11 Å². The van der Waals surface area contributed by atoms with Gasteiger partial charge in [-0.2, -0.15) is 0 Å². The van der Waals surface area contributed by atoms with Crippen LogP contribution in [0.1, 0.15) is 42.3 Å². The Kier molecular flexibility index (Phi) is 7.73. The Hall–Kier alpha value is -2.57. The number of hydrogen-bond acceptors (Lipinski definition) is 4. The lowest BCUT2D eigenvalue weighted by Crippen LogP contribution is -2.68. The van der Waals surface area contributed by atoms with E-state index in [-0.39, 0.29) is 36.7 Å². The van der Waals surface area contributed by atoms with Crippen LogP contribution in [0.15, 0.2) is 48.5 Å². The number of carbonyl (C=O) groups is 2. The number of carboxylic acids is 1. The van der Waals surface area contributed by atoms with E-state index >= 15 is 0 Å². The molecule has 168 valence electrons. The van der Waals surface area contributed by atoms with Crippen LogP contribution in [0, 0.1) is 0 Å². The highest BCUT2D eigenvalue weighted by Gasteiger charge is 2.48. The zero-order chi connectivity index (χ0) is 21.9. The van der Waals surface area contributed by atoms with Crippen molar-refractivity contribution in [1.29, 1.82) is 0 Å². The third kappa shape index (κ3) is 5.02. The smallest absolute Gasteiger partial charge is 0.331 e. The molecule has 7 heteroatoms. The van der Waals surface area contributed by atoms with Gasteiger partial charge in [-0.05, 0) is 28.7 Å². The molecule has 3 rings (SSSR count). The second-order valence-corrected chi connectivity index (χ2v) is 8.80. The van der Waals surface area contributed by atoms with E-state index in [1.165, 1.54) is 4.90 Å². The van der Waals surface area contributed by atoms with Crippen LogP contribution in [0.25, 0.3) is 0 Å². The average Bonchev–Trinajstić information content (AvgIpc) is 2.73. The Morgan fingerprint density at radius 1 is 1.16 bits per heavy atom. The fraction of sp³-hybridized carbons (Fsp3) is 0.417. The summed E-state index contributed by atoms with van der Waals surface area (Å²) >= 11 is 0. The lowest BCUT2D eigenvalue weighted by Gasteiger charge is -2.44. The molecule has 1 unspecified atom stereocenters.